The molecule has 9 heteroatoms. The van der Waals surface area contributed by atoms with Crippen molar-refractivity contribution in [2.45, 2.75) is 57.3 Å². The van der Waals surface area contributed by atoms with Gasteiger partial charge in [0, 0.05) is 19.1 Å². The maximum Gasteiger partial charge on any atom is 0.411 e. The number of nitrogens with one attached hydrogen (secondary N) is 1. The van der Waals surface area contributed by atoms with Crippen LogP contribution in [0.2, 0.25) is 0 Å². The van der Waals surface area contributed by atoms with Crippen LogP contribution in [-0.4, -0.2) is 50.9 Å². The number of piperidine rings is 1. The summed E-state index contributed by atoms with van der Waals surface area (Å²) in [6.07, 6.45) is -1.81. The Bertz CT molecular complexity index is 895. The van der Waals surface area contributed by atoms with Crippen molar-refractivity contribution in [3.05, 3.63) is 41.7 Å². The molecule has 2 unspecified atom stereocenters. The number of carbonyl (C=O) groups is 1. The molecule has 0 bridgehead atoms. The molecule has 4 rings (SSSR count). The van der Waals surface area contributed by atoms with Crippen molar-refractivity contribution in [1.82, 2.24) is 19.7 Å². The Morgan fingerprint density at radius 3 is 2.70 bits per heavy atom. The van der Waals surface area contributed by atoms with Gasteiger partial charge in [-0.1, -0.05) is 29.8 Å². The van der Waals surface area contributed by atoms with Crippen LogP contribution in [0.3, 0.4) is 0 Å². The fraction of sp³-hybridized carbons (Fsp3) is 0.571. The van der Waals surface area contributed by atoms with E-state index in [0.717, 1.165) is 35.0 Å². The third-order valence-electron chi connectivity index (χ3n) is 6.32. The zero-order valence-electron chi connectivity index (χ0n) is 17.1. The maximum atomic E-state index is 13.6. The van der Waals surface area contributed by atoms with Gasteiger partial charge >= 0.3 is 6.18 Å². The second-order valence-corrected chi connectivity index (χ2v) is 8.39. The Labute approximate surface area is 173 Å². The summed E-state index contributed by atoms with van der Waals surface area (Å²) in [6, 6.07) is 5.79. The summed E-state index contributed by atoms with van der Waals surface area (Å²) in [4.78, 5) is 18.9. The second-order valence-electron chi connectivity index (χ2n) is 8.39. The number of nitrogens with zero attached hydrogens (tertiary/aromatic N) is 4. The topological polar surface area (TPSA) is 63.1 Å². The molecule has 162 valence electrons. The lowest BCUT2D eigenvalue weighted by atomic mass is 9.85. The van der Waals surface area contributed by atoms with Gasteiger partial charge in [0.15, 0.2) is 6.04 Å². The lowest BCUT2D eigenvalue weighted by molar-refractivity contribution is -0.175. The van der Waals surface area contributed by atoms with E-state index in [-0.39, 0.29) is 30.1 Å². The standard InChI is InChI=1S/C21H26F3N5O/c1-13-5-7-15(8-6-13)14(2)19(30)28-9-3-4-16(11-28)17-10-18(21(22,23)24)29-20(27-17)25-12-26-29/h5-8,12,14,16-18H,3-4,9-11H2,1-2H3,(H,25,26,27)/t14?,16?,17-,18+/m0/s1. The van der Waals surface area contributed by atoms with Gasteiger partial charge < -0.3 is 10.2 Å². The van der Waals surface area contributed by atoms with Crippen LogP contribution in [-0.2, 0) is 4.79 Å². The molecule has 1 N–H and O–H groups in total. The average Bonchev–Trinajstić information content (AvgIpc) is 3.20. The maximum absolute atomic E-state index is 13.6. The molecule has 1 aromatic heterocycles. The normalized spacial score (nSPS) is 25.4. The van der Waals surface area contributed by atoms with E-state index in [0.29, 0.717) is 13.1 Å². The van der Waals surface area contributed by atoms with Crippen LogP contribution in [0.4, 0.5) is 19.1 Å². The van der Waals surface area contributed by atoms with Gasteiger partial charge in [-0.3, -0.25) is 4.79 Å². The second kappa shape index (κ2) is 7.92. The van der Waals surface area contributed by atoms with E-state index in [4.69, 9.17) is 0 Å². The Hall–Kier alpha value is -2.58. The number of halogens is 3. The highest BCUT2D eigenvalue weighted by Gasteiger charge is 2.48. The molecule has 0 spiro atoms. The Morgan fingerprint density at radius 1 is 1.27 bits per heavy atom. The van der Waals surface area contributed by atoms with Gasteiger partial charge in [-0.2, -0.15) is 23.3 Å². The quantitative estimate of drug-likeness (QED) is 0.816. The first-order valence-corrected chi connectivity index (χ1v) is 10.3. The van der Waals surface area contributed by atoms with E-state index in [1.165, 1.54) is 0 Å². The van der Waals surface area contributed by atoms with Gasteiger partial charge in [0.1, 0.15) is 6.33 Å². The molecule has 2 aliphatic rings. The Morgan fingerprint density at radius 2 is 2.00 bits per heavy atom. The van der Waals surface area contributed by atoms with Gasteiger partial charge in [-0.25, -0.2) is 4.68 Å². The lowest BCUT2D eigenvalue weighted by Gasteiger charge is -2.41. The smallest absolute Gasteiger partial charge is 0.351 e. The molecule has 3 heterocycles. The average molecular weight is 421 g/mol. The number of likely N-dealkylation sites (tertiary alicyclic amines) is 1. The number of carbonyl (C=O) groups excluding carboxylic acids is 1. The van der Waals surface area contributed by atoms with E-state index in [1.54, 1.807) is 0 Å². The van der Waals surface area contributed by atoms with Crippen LogP contribution < -0.4 is 5.32 Å². The third kappa shape index (κ3) is 4.02. The predicted molar refractivity (Wildman–Crippen MR) is 106 cm³/mol. The Kier molecular flexibility index (Phi) is 5.46. The van der Waals surface area contributed by atoms with Crippen LogP contribution in [0.5, 0.6) is 0 Å². The van der Waals surface area contributed by atoms with Crippen molar-refractivity contribution < 1.29 is 18.0 Å². The fourth-order valence-corrected chi connectivity index (χ4v) is 4.54. The summed E-state index contributed by atoms with van der Waals surface area (Å²) in [7, 11) is 0. The molecule has 2 aliphatic heterocycles. The third-order valence-corrected chi connectivity index (χ3v) is 6.32. The van der Waals surface area contributed by atoms with Crippen molar-refractivity contribution in [2.75, 3.05) is 18.4 Å². The minimum absolute atomic E-state index is 0.0231. The monoisotopic (exact) mass is 421 g/mol. The number of amides is 1. The molecule has 4 atom stereocenters. The van der Waals surface area contributed by atoms with E-state index in [1.807, 2.05) is 43.0 Å². The molecule has 1 aromatic carbocycles. The highest BCUT2D eigenvalue weighted by atomic mass is 19.4. The predicted octanol–water partition coefficient (Wildman–Crippen LogP) is 3.92. The summed E-state index contributed by atoms with van der Waals surface area (Å²) in [6.45, 7) is 4.97. The van der Waals surface area contributed by atoms with E-state index in [9.17, 15) is 18.0 Å². The van der Waals surface area contributed by atoms with Crippen LogP contribution in [0.25, 0.3) is 0 Å². The number of benzene rings is 1. The zero-order chi connectivity index (χ0) is 21.5. The van der Waals surface area contributed by atoms with Gasteiger partial charge in [-0.15, -0.1) is 0 Å². The molecule has 6 nitrogen and oxygen atoms in total. The molecular weight excluding hydrogens is 395 g/mol. The lowest BCUT2D eigenvalue weighted by Crippen LogP contribution is -2.50. The van der Waals surface area contributed by atoms with E-state index in [2.05, 4.69) is 15.4 Å². The summed E-state index contributed by atoms with van der Waals surface area (Å²) in [5, 5.41) is 6.88. The summed E-state index contributed by atoms with van der Waals surface area (Å²) in [5.41, 5.74) is 2.08. The summed E-state index contributed by atoms with van der Waals surface area (Å²) in [5.74, 6) is -0.183. The minimum atomic E-state index is -4.40. The number of rotatable bonds is 3. The minimum Gasteiger partial charge on any atom is -0.351 e. The van der Waals surface area contributed by atoms with Crippen molar-refractivity contribution in [1.29, 1.82) is 0 Å². The molecule has 30 heavy (non-hydrogen) atoms. The molecule has 1 amide bonds. The zero-order valence-corrected chi connectivity index (χ0v) is 17.1. The molecular formula is C21H26F3N5O. The first-order chi connectivity index (χ1) is 14.2. The number of aryl methyl sites for hydroxylation is 1. The van der Waals surface area contributed by atoms with E-state index >= 15 is 0 Å². The van der Waals surface area contributed by atoms with Gasteiger partial charge in [0.25, 0.3) is 0 Å². The molecule has 0 aliphatic carbocycles. The number of alkyl halides is 3. The van der Waals surface area contributed by atoms with E-state index < -0.39 is 18.3 Å². The van der Waals surface area contributed by atoms with Crippen LogP contribution in [0.1, 0.15) is 49.3 Å². The number of anilines is 1. The highest BCUT2D eigenvalue weighted by molar-refractivity contribution is 5.83. The summed E-state index contributed by atoms with van der Waals surface area (Å²) < 4.78 is 41.7. The molecule has 0 saturated carbocycles. The van der Waals surface area contributed by atoms with Crippen molar-refractivity contribution in [3.63, 3.8) is 0 Å². The SMILES string of the molecule is Cc1ccc(C(C)C(=O)N2CCCC([C@@H]3C[C@H](C(F)(F)F)n4ncnc4N3)C2)cc1. The fourth-order valence-electron chi connectivity index (χ4n) is 4.54. The van der Waals surface area contributed by atoms with Crippen LogP contribution in [0.15, 0.2) is 30.6 Å². The van der Waals surface area contributed by atoms with Gasteiger partial charge in [0.05, 0.1) is 5.92 Å². The van der Waals surface area contributed by atoms with Crippen LogP contribution in [0, 0.1) is 12.8 Å². The Balaban J connectivity index is 1.47. The van der Waals surface area contributed by atoms with Gasteiger partial charge in [0.2, 0.25) is 11.9 Å². The highest BCUT2D eigenvalue weighted by Crippen LogP contribution is 2.41. The molecule has 1 saturated heterocycles. The van der Waals surface area contributed by atoms with Gasteiger partial charge in [-0.05, 0) is 44.6 Å². The first kappa shape index (κ1) is 20.7. The van der Waals surface area contributed by atoms with Crippen LogP contribution >= 0.6 is 0 Å². The van der Waals surface area contributed by atoms with Crippen molar-refractivity contribution in [3.8, 4) is 0 Å². The van der Waals surface area contributed by atoms with Crippen molar-refractivity contribution in [2.24, 2.45) is 5.92 Å². The number of hydrogen-bond donors (Lipinski definition) is 1. The number of aromatic nitrogens is 3. The number of fused-ring (bicyclic) bond motifs is 1. The molecule has 2 aromatic rings. The first-order valence-electron chi connectivity index (χ1n) is 10.3. The largest absolute Gasteiger partial charge is 0.411 e. The molecule has 0 radical (unpaired) electrons. The number of hydrogen-bond acceptors (Lipinski definition) is 4. The van der Waals surface area contributed by atoms with Crippen molar-refractivity contribution >= 4 is 11.9 Å². The molecule has 1 fully saturated rings. The summed E-state index contributed by atoms with van der Waals surface area (Å²) >= 11 is 0.